The molecule has 0 bridgehead atoms. The van der Waals surface area contributed by atoms with E-state index in [9.17, 15) is 13.6 Å². The monoisotopic (exact) mass is 333 g/mol. The van der Waals surface area contributed by atoms with Gasteiger partial charge in [-0.15, -0.1) is 12.4 Å². The van der Waals surface area contributed by atoms with Crippen LogP contribution in [0.1, 0.15) is 17.5 Å². The lowest BCUT2D eigenvalue weighted by Crippen LogP contribution is -2.40. The zero-order valence-corrected chi connectivity index (χ0v) is 13.6. The third-order valence-corrected chi connectivity index (χ3v) is 3.41. The molecule has 0 saturated carbocycles. The Morgan fingerprint density at radius 2 is 1.91 bits per heavy atom. The van der Waals surface area contributed by atoms with Gasteiger partial charge in [-0.3, -0.25) is 10.1 Å². The molecule has 1 aromatic rings. The molecule has 1 aliphatic heterocycles. The Balaban J connectivity index is 0.00000242. The second kappa shape index (κ2) is 7.85. The number of alkyl halides is 2. The Morgan fingerprint density at radius 1 is 1.32 bits per heavy atom. The van der Waals surface area contributed by atoms with Crippen LogP contribution in [0, 0.1) is 0 Å². The van der Waals surface area contributed by atoms with E-state index in [4.69, 9.17) is 0 Å². The van der Waals surface area contributed by atoms with Crippen molar-refractivity contribution in [1.29, 1.82) is 0 Å². The first-order valence-electron chi connectivity index (χ1n) is 6.97. The number of hydrogen-bond donors (Lipinski definition) is 2. The fourth-order valence-corrected chi connectivity index (χ4v) is 2.34. The summed E-state index contributed by atoms with van der Waals surface area (Å²) in [7, 11) is 4.00. The van der Waals surface area contributed by atoms with Crippen molar-refractivity contribution in [1.82, 2.24) is 15.5 Å². The predicted molar refractivity (Wildman–Crippen MR) is 84.3 cm³/mol. The van der Waals surface area contributed by atoms with E-state index < -0.39 is 24.9 Å². The minimum Gasteiger partial charge on any atom is -0.351 e. The van der Waals surface area contributed by atoms with Gasteiger partial charge in [0.1, 0.15) is 0 Å². The van der Waals surface area contributed by atoms with Gasteiger partial charge in [0, 0.05) is 19.5 Å². The van der Waals surface area contributed by atoms with Gasteiger partial charge < -0.3 is 10.2 Å². The maximum Gasteiger partial charge on any atom is 0.262 e. The first-order valence-corrected chi connectivity index (χ1v) is 6.97. The standard InChI is InChI=1S/C15H21F2N3O.ClH/c1-20(2)9-12-5-3-11(4-6-12)8-18-14(21)13-7-15(16,17)10-19-13;/h3-6,13,19H,7-10H2,1-2H3,(H,18,21);1H. The molecule has 124 valence electrons. The van der Waals surface area contributed by atoms with Crippen molar-refractivity contribution in [3.8, 4) is 0 Å². The molecule has 1 aliphatic rings. The Bertz CT molecular complexity index is 494. The Morgan fingerprint density at radius 3 is 2.41 bits per heavy atom. The molecule has 1 fully saturated rings. The van der Waals surface area contributed by atoms with E-state index in [1.807, 2.05) is 38.4 Å². The van der Waals surface area contributed by atoms with Crippen LogP contribution in [0.3, 0.4) is 0 Å². The highest BCUT2D eigenvalue weighted by atomic mass is 35.5. The van der Waals surface area contributed by atoms with E-state index in [1.165, 1.54) is 5.56 Å². The molecular weight excluding hydrogens is 312 g/mol. The van der Waals surface area contributed by atoms with Crippen molar-refractivity contribution in [2.45, 2.75) is 31.5 Å². The smallest absolute Gasteiger partial charge is 0.262 e. The molecule has 22 heavy (non-hydrogen) atoms. The fraction of sp³-hybridized carbons (Fsp3) is 0.533. The first-order chi connectivity index (χ1) is 9.85. The Labute approximate surface area is 135 Å². The highest BCUT2D eigenvalue weighted by molar-refractivity contribution is 5.85. The minimum atomic E-state index is -2.78. The van der Waals surface area contributed by atoms with Gasteiger partial charge in [0.15, 0.2) is 0 Å². The lowest BCUT2D eigenvalue weighted by Gasteiger charge is -2.12. The summed E-state index contributed by atoms with van der Waals surface area (Å²) in [6.45, 7) is 0.781. The number of hydrogen-bond acceptors (Lipinski definition) is 3. The molecule has 1 saturated heterocycles. The van der Waals surface area contributed by atoms with Crippen LogP contribution in [0.5, 0.6) is 0 Å². The second-order valence-corrected chi connectivity index (χ2v) is 5.77. The summed E-state index contributed by atoms with van der Waals surface area (Å²) in [6, 6.07) is 7.09. The zero-order valence-electron chi connectivity index (χ0n) is 12.7. The molecule has 2 rings (SSSR count). The summed E-state index contributed by atoms with van der Waals surface area (Å²) < 4.78 is 26.0. The molecule has 1 aromatic carbocycles. The number of halogens is 3. The predicted octanol–water partition coefficient (Wildman–Crippen LogP) is 1.78. The highest BCUT2D eigenvalue weighted by Gasteiger charge is 2.42. The van der Waals surface area contributed by atoms with Crippen molar-refractivity contribution < 1.29 is 13.6 Å². The van der Waals surface area contributed by atoms with Gasteiger partial charge in [-0.25, -0.2) is 8.78 Å². The van der Waals surface area contributed by atoms with Gasteiger partial charge in [0.2, 0.25) is 5.91 Å². The summed E-state index contributed by atoms with van der Waals surface area (Å²) >= 11 is 0. The van der Waals surface area contributed by atoms with Gasteiger partial charge in [-0.05, 0) is 25.2 Å². The van der Waals surface area contributed by atoms with Crippen LogP contribution in [-0.4, -0.2) is 43.4 Å². The quantitative estimate of drug-likeness (QED) is 0.863. The molecule has 1 heterocycles. The van der Waals surface area contributed by atoms with Gasteiger partial charge in [0.05, 0.1) is 12.6 Å². The number of nitrogens with one attached hydrogen (secondary N) is 2. The second-order valence-electron chi connectivity index (χ2n) is 5.77. The van der Waals surface area contributed by atoms with Crippen molar-refractivity contribution in [2.24, 2.45) is 0 Å². The SMILES string of the molecule is CN(C)Cc1ccc(CNC(=O)C2CC(F)(F)CN2)cc1.Cl. The molecule has 7 heteroatoms. The average Bonchev–Trinajstić information content (AvgIpc) is 2.77. The summed E-state index contributed by atoms with van der Waals surface area (Å²) in [5.74, 6) is -3.15. The van der Waals surface area contributed by atoms with Crippen LogP contribution >= 0.6 is 12.4 Å². The summed E-state index contributed by atoms with van der Waals surface area (Å²) in [5, 5.41) is 5.24. The van der Waals surface area contributed by atoms with E-state index in [-0.39, 0.29) is 18.3 Å². The molecule has 0 spiro atoms. The van der Waals surface area contributed by atoms with Gasteiger partial charge >= 0.3 is 0 Å². The molecular formula is C15H22ClF2N3O. The molecule has 0 aliphatic carbocycles. The topological polar surface area (TPSA) is 44.4 Å². The lowest BCUT2D eigenvalue weighted by atomic mass is 10.1. The molecule has 4 nitrogen and oxygen atoms in total. The van der Waals surface area contributed by atoms with Gasteiger partial charge in [-0.2, -0.15) is 0 Å². The number of nitrogens with zero attached hydrogens (tertiary/aromatic N) is 1. The van der Waals surface area contributed by atoms with Crippen LogP contribution in [0.2, 0.25) is 0 Å². The van der Waals surface area contributed by atoms with Crippen molar-refractivity contribution in [3.05, 3.63) is 35.4 Å². The van der Waals surface area contributed by atoms with Crippen LogP contribution in [0.4, 0.5) is 8.78 Å². The summed E-state index contributed by atoms with van der Waals surface area (Å²) in [4.78, 5) is 13.9. The van der Waals surface area contributed by atoms with Gasteiger partial charge in [-0.1, -0.05) is 24.3 Å². The third-order valence-electron chi connectivity index (χ3n) is 3.41. The van der Waals surface area contributed by atoms with Crippen LogP contribution in [0.15, 0.2) is 24.3 Å². The number of benzene rings is 1. The van der Waals surface area contributed by atoms with E-state index >= 15 is 0 Å². The fourth-order valence-electron chi connectivity index (χ4n) is 2.34. The Hall–Kier alpha value is -1.24. The van der Waals surface area contributed by atoms with E-state index in [2.05, 4.69) is 15.5 Å². The molecule has 0 aromatic heterocycles. The number of carbonyl (C=O) groups excluding carboxylic acids is 1. The zero-order chi connectivity index (χ0) is 15.5. The molecule has 1 atom stereocenters. The third kappa shape index (κ3) is 5.51. The van der Waals surface area contributed by atoms with Crippen molar-refractivity contribution in [2.75, 3.05) is 20.6 Å². The molecule has 1 unspecified atom stereocenters. The van der Waals surface area contributed by atoms with Crippen molar-refractivity contribution >= 4 is 18.3 Å². The van der Waals surface area contributed by atoms with Crippen LogP contribution in [0.25, 0.3) is 0 Å². The number of amides is 1. The van der Waals surface area contributed by atoms with Crippen molar-refractivity contribution in [3.63, 3.8) is 0 Å². The maximum absolute atomic E-state index is 13.0. The molecule has 0 radical (unpaired) electrons. The van der Waals surface area contributed by atoms with E-state index in [1.54, 1.807) is 0 Å². The normalized spacial score (nSPS) is 19.8. The largest absolute Gasteiger partial charge is 0.351 e. The number of rotatable bonds is 5. The van der Waals surface area contributed by atoms with E-state index in [0.717, 1.165) is 12.1 Å². The van der Waals surface area contributed by atoms with Crippen LogP contribution in [-0.2, 0) is 17.9 Å². The number of carbonyl (C=O) groups is 1. The lowest BCUT2D eigenvalue weighted by molar-refractivity contribution is -0.123. The highest BCUT2D eigenvalue weighted by Crippen LogP contribution is 2.25. The van der Waals surface area contributed by atoms with Crippen LogP contribution < -0.4 is 10.6 Å². The minimum absolute atomic E-state index is 0. The van der Waals surface area contributed by atoms with Gasteiger partial charge in [0.25, 0.3) is 5.92 Å². The molecule has 1 amide bonds. The average molecular weight is 334 g/mol. The molecule has 2 N–H and O–H groups in total. The first kappa shape index (κ1) is 18.8. The maximum atomic E-state index is 13.0. The Kier molecular flexibility index (Phi) is 6.71. The summed E-state index contributed by atoms with van der Waals surface area (Å²) in [5.41, 5.74) is 2.14. The van der Waals surface area contributed by atoms with E-state index in [0.29, 0.717) is 6.54 Å². The summed E-state index contributed by atoms with van der Waals surface area (Å²) in [6.07, 6.45) is -0.430.